The molecule has 6 heteroatoms. The van der Waals surface area contributed by atoms with Gasteiger partial charge in [-0.15, -0.1) is 0 Å². The molecule has 0 aromatic rings. The Kier molecular flexibility index (Phi) is 6.28. The molecule has 0 amide bonds. The van der Waals surface area contributed by atoms with Crippen LogP contribution in [0.1, 0.15) is 13.8 Å². The van der Waals surface area contributed by atoms with E-state index in [1.165, 1.54) is 24.3 Å². The summed E-state index contributed by atoms with van der Waals surface area (Å²) in [6, 6.07) is 0. The van der Waals surface area contributed by atoms with Crippen LogP contribution in [0.5, 0.6) is 0 Å². The summed E-state index contributed by atoms with van der Waals surface area (Å²) in [5.41, 5.74) is 0. The molecule has 0 aliphatic heterocycles. The molecule has 0 heterocycles. The topological polar surface area (TPSA) is 68.3 Å². The predicted octanol–water partition coefficient (Wildman–Crippen LogP) is 1.44. The molecule has 0 fully saturated rings. The van der Waals surface area contributed by atoms with E-state index in [1.807, 2.05) is 0 Å². The highest BCUT2D eigenvalue weighted by Crippen LogP contribution is 1.94. The van der Waals surface area contributed by atoms with Crippen LogP contribution in [0.25, 0.3) is 0 Å². The van der Waals surface area contributed by atoms with Crippen molar-refractivity contribution in [3.8, 4) is 0 Å². The van der Waals surface area contributed by atoms with Crippen LogP contribution in [0, 0.1) is 0 Å². The molecular weight excluding hydrogens is 248 g/mol. The summed E-state index contributed by atoms with van der Waals surface area (Å²) in [6.07, 6.45) is 5.66. The van der Waals surface area contributed by atoms with Gasteiger partial charge < -0.3 is 0 Å². The lowest BCUT2D eigenvalue weighted by atomic mass is 10.5. The molecule has 0 bridgehead atoms. The fourth-order valence-corrected chi connectivity index (χ4v) is 1.70. The zero-order chi connectivity index (χ0) is 12.7. The van der Waals surface area contributed by atoms with Crippen LogP contribution in [0.2, 0.25) is 0 Å². The van der Waals surface area contributed by atoms with Crippen molar-refractivity contribution in [2.24, 2.45) is 0 Å². The Morgan fingerprint density at radius 3 is 1.25 bits per heavy atom. The molecule has 0 unspecified atom stereocenters. The third-order valence-electron chi connectivity index (χ3n) is 1.71. The van der Waals surface area contributed by atoms with Gasteiger partial charge in [0.15, 0.2) is 19.7 Å². The SMILES string of the molecule is CCS(=O)(=O)C=CC=CC=CS(=O)(=O)CC. The summed E-state index contributed by atoms with van der Waals surface area (Å²) < 4.78 is 44.0. The second-order valence-electron chi connectivity index (χ2n) is 2.95. The average molecular weight is 264 g/mol. The number of rotatable bonds is 6. The van der Waals surface area contributed by atoms with E-state index in [9.17, 15) is 16.8 Å². The van der Waals surface area contributed by atoms with E-state index in [2.05, 4.69) is 0 Å². The number of sulfone groups is 2. The summed E-state index contributed by atoms with van der Waals surface area (Å²) in [5, 5.41) is 2.18. The van der Waals surface area contributed by atoms with Crippen molar-refractivity contribution in [1.82, 2.24) is 0 Å². The van der Waals surface area contributed by atoms with Gasteiger partial charge in [0.1, 0.15) is 0 Å². The fraction of sp³-hybridized carbons (Fsp3) is 0.400. The van der Waals surface area contributed by atoms with Gasteiger partial charge in [-0.2, -0.15) is 0 Å². The maximum absolute atomic E-state index is 11.0. The molecule has 92 valence electrons. The van der Waals surface area contributed by atoms with Crippen LogP contribution >= 0.6 is 0 Å². The standard InChI is InChI=1S/C10H16O4S2/c1-3-15(11,12)9-7-5-6-8-10-16(13,14)4-2/h5-10H,3-4H2,1-2H3. The van der Waals surface area contributed by atoms with Crippen LogP contribution in [-0.4, -0.2) is 28.3 Å². The molecule has 0 saturated heterocycles. The highest BCUT2D eigenvalue weighted by atomic mass is 32.2. The quantitative estimate of drug-likeness (QED) is 0.681. The van der Waals surface area contributed by atoms with Gasteiger partial charge in [0.05, 0.1) is 11.5 Å². The highest BCUT2D eigenvalue weighted by molar-refractivity contribution is 7.94. The second kappa shape index (κ2) is 6.65. The van der Waals surface area contributed by atoms with Gasteiger partial charge in [-0.25, -0.2) is 16.8 Å². The Hall–Kier alpha value is -0.880. The zero-order valence-electron chi connectivity index (χ0n) is 9.33. The molecular formula is C10H16O4S2. The first kappa shape index (κ1) is 15.1. The van der Waals surface area contributed by atoms with Crippen molar-refractivity contribution in [1.29, 1.82) is 0 Å². The molecule has 16 heavy (non-hydrogen) atoms. The first-order valence-corrected chi connectivity index (χ1v) is 8.23. The maximum Gasteiger partial charge on any atom is 0.171 e. The Balaban J connectivity index is 4.36. The first-order chi connectivity index (χ1) is 7.33. The normalized spacial score (nSPS) is 14.4. The number of hydrogen-bond donors (Lipinski definition) is 0. The Labute approximate surface area is 97.2 Å². The minimum atomic E-state index is -3.11. The monoisotopic (exact) mass is 264 g/mol. The van der Waals surface area contributed by atoms with Gasteiger partial charge in [0.2, 0.25) is 0 Å². The molecule has 0 aliphatic carbocycles. The van der Waals surface area contributed by atoms with Gasteiger partial charge in [-0.3, -0.25) is 0 Å². The van der Waals surface area contributed by atoms with Crippen molar-refractivity contribution < 1.29 is 16.8 Å². The van der Waals surface area contributed by atoms with E-state index in [-0.39, 0.29) is 11.5 Å². The Morgan fingerprint density at radius 1 is 0.688 bits per heavy atom. The lowest BCUT2D eigenvalue weighted by Crippen LogP contribution is -1.96. The van der Waals surface area contributed by atoms with Crippen molar-refractivity contribution in [3.63, 3.8) is 0 Å². The third-order valence-corrected chi connectivity index (χ3v) is 4.46. The smallest absolute Gasteiger partial charge is 0.171 e. The molecule has 0 spiro atoms. The molecule has 0 saturated carbocycles. The van der Waals surface area contributed by atoms with Gasteiger partial charge in [0.25, 0.3) is 0 Å². The molecule has 0 atom stereocenters. The molecule has 0 rings (SSSR count). The van der Waals surface area contributed by atoms with Crippen molar-refractivity contribution in [2.45, 2.75) is 13.8 Å². The lowest BCUT2D eigenvalue weighted by Gasteiger charge is -1.88. The predicted molar refractivity (Wildman–Crippen MR) is 66.3 cm³/mol. The molecule has 0 radical (unpaired) electrons. The van der Waals surface area contributed by atoms with Crippen LogP contribution < -0.4 is 0 Å². The summed E-state index contributed by atoms with van der Waals surface area (Å²) in [4.78, 5) is 0. The van der Waals surface area contributed by atoms with Crippen LogP contribution in [-0.2, 0) is 19.7 Å². The number of allylic oxidation sites excluding steroid dienone is 4. The van der Waals surface area contributed by atoms with Gasteiger partial charge in [-0.05, 0) is 0 Å². The van der Waals surface area contributed by atoms with Crippen LogP contribution in [0.15, 0.2) is 35.1 Å². The van der Waals surface area contributed by atoms with E-state index in [0.29, 0.717) is 0 Å². The minimum absolute atomic E-state index is 0.0530. The highest BCUT2D eigenvalue weighted by Gasteiger charge is 1.98. The molecule has 0 aromatic carbocycles. The summed E-state index contributed by atoms with van der Waals surface area (Å²) in [6.45, 7) is 3.11. The summed E-state index contributed by atoms with van der Waals surface area (Å²) in [5.74, 6) is 0.106. The third kappa shape index (κ3) is 7.42. The molecule has 4 nitrogen and oxygen atoms in total. The second-order valence-corrected chi connectivity index (χ2v) is 7.30. The molecule has 0 aromatic heterocycles. The van der Waals surface area contributed by atoms with Crippen LogP contribution in [0.3, 0.4) is 0 Å². The minimum Gasteiger partial charge on any atom is -0.224 e. The summed E-state index contributed by atoms with van der Waals surface area (Å²) in [7, 11) is -6.23. The van der Waals surface area contributed by atoms with E-state index >= 15 is 0 Å². The Bertz CT molecular complexity index is 433. The van der Waals surface area contributed by atoms with Crippen molar-refractivity contribution >= 4 is 19.7 Å². The first-order valence-electron chi connectivity index (χ1n) is 4.80. The van der Waals surface area contributed by atoms with Gasteiger partial charge in [0, 0.05) is 10.8 Å². The summed E-state index contributed by atoms with van der Waals surface area (Å²) >= 11 is 0. The van der Waals surface area contributed by atoms with Gasteiger partial charge in [-0.1, -0.05) is 38.2 Å². The van der Waals surface area contributed by atoms with Crippen molar-refractivity contribution in [3.05, 3.63) is 35.1 Å². The lowest BCUT2D eigenvalue weighted by molar-refractivity contribution is 0.604. The molecule has 0 aliphatic rings. The van der Waals surface area contributed by atoms with Crippen LogP contribution in [0.4, 0.5) is 0 Å². The largest absolute Gasteiger partial charge is 0.224 e. The zero-order valence-corrected chi connectivity index (χ0v) is 11.0. The maximum atomic E-state index is 11.0. The van der Waals surface area contributed by atoms with E-state index < -0.39 is 19.7 Å². The van der Waals surface area contributed by atoms with E-state index in [4.69, 9.17) is 0 Å². The molecule has 0 N–H and O–H groups in total. The van der Waals surface area contributed by atoms with Gasteiger partial charge >= 0.3 is 0 Å². The van der Waals surface area contributed by atoms with Crippen molar-refractivity contribution in [2.75, 3.05) is 11.5 Å². The fourth-order valence-electron chi connectivity index (χ4n) is 0.651. The number of hydrogen-bond acceptors (Lipinski definition) is 4. The Morgan fingerprint density at radius 2 is 1.00 bits per heavy atom. The van der Waals surface area contributed by atoms with E-state index in [0.717, 1.165) is 10.8 Å². The average Bonchev–Trinajstić information content (AvgIpc) is 2.23. The van der Waals surface area contributed by atoms with E-state index in [1.54, 1.807) is 13.8 Å².